The quantitative estimate of drug-likeness (QED) is 0.582. The topological polar surface area (TPSA) is 58.6 Å². The Balaban J connectivity index is 1.87. The molecule has 0 aliphatic rings. The Hall–Kier alpha value is -2.82. The third-order valence-electron chi connectivity index (χ3n) is 4.14. The normalized spacial score (nSPS) is 11.9. The van der Waals surface area contributed by atoms with Gasteiger partial charge >= 0.3 is 0 Å². The molecule has 0 fully saturated rings. The third kappa shape index (κ3) is 4.91. The number of carbonyl (C=O) groups excluding carboxylic acids is 1. The van der Waals surface area contributed by atoms with E-state index in [1.807, 2.05) is 50.2 Å². The van der Waals surface area contributed by atoms with Gasteiger partial charge in [-0.1, -0.05) is 48.0 Å². The number of halogens is 1. The molecule has 3 rings (SSSR count). The molecule has 0 radical (unpaired) electrons. The van der Waals surface area contributed by atoms with Crippen LogP contribution in [-0.4, -0.2) is 17.1 Å². The van der Waals surface area contributed by atoms with E-state index in [9.17, 15) is 9.90 Å². The molecule has 1 amide bonds. The van der Waals surface area contributed by atoms with Gasteiger partial charge in [-0.25, -0.2) is 0 Å². The summed E-state index contributed by atoms with van der Waals surface area (Å²) in [5, 5.41) is 14.1. The zero-order valence-corrected chi connectivity index (χ0v) is 16.5. The number of aliphatic hydroxyl groups excluding tert-OH is 1. The van der Waals surface area contributed by atoms with Crippen LogP contribution in [0.25, 0.3) is 0 Å². The number of amides is 1. The molecule has 0 aliphatic heterocycles. The maximum Gasteiger partial charge on any atom is 0.255 e. The zero-order valence-electron chi connectivity index (χ0n) is 15.7. The van der Waals surface area contributed by atoms with Crippen LogP contribution in [0.5, 0.6) is 5.75 Å². The van der Waals surface area contributed by atoms with Crippen molar-refractivity contribution in [3.05, 3.63) is 94.5 Å². The van der Waals surface area contributed by atoms with Crippen LogP contribution in [0.4, 0.5) is 5.69 Å². The standard InChI is InChI=1S/C23H22ClNO3/c1-15(2)28-19-10-6-9-17(13-19)23(27)25-21-12-11-18(24)14-20(21)22(26)16-7-4-3-5-8-16/h3-15,22,26H,1-2H3,(H,25,27). The van der Waals surface area contributed by atoms with Crippen molar-refractivity contribution in [1.29, 1.82) is 0 Å². The lowest BCUT2D eigenvalue weighted by Gasteiger charge is -2.17. The summed E-state index contributed by atoms with van der Waals surface area (Å²) in [6, 6.07) is 21.2. The summed E-state index contributed by atoms with van der Waals surface area (Å²) >= 11 is 6.13. The maximum absolute atomic E-state index is 12.8. The van der Waals surface area contributed by atoms with Crippen LogP contribution in [0.15, 0.2) is 72.8 Å². The molecule has 5 heteroatoms. The lowest BCUT2D eigenvalue weighted by Crippen LogP contribution is -2.15. The SMILES string of the molecule is CC(C)Oc1cccc(C(=O)Nc2ccc(Cl)cc2C(O)c2ccccc2)c1. The van der Waals surface area contributed by atoms with Gasteiger partial charge in [0, 0.05) is 21.8 Å². The summed E-state index contributed by atoms with van der Waals surface area (Å²) < 4.78 is 5.65. The molecule has 4 nitrogen and oxygen atoms in total. The fourth-order valence-electron chi connectivity index (χ4n) is 2.87. The number of anilines is 1. The fraction of sp³-hybridized carbons (Fsp3) is 0.174. The monoisotopic (exact) mass is 395 g/mol. The van der Waals surface area contributed by atoms with Crippen molar-refractivity contribution < 1.29 is 14.6 Å². The fourth-order valence-corrected chi connectivity index (χ4v) is 3.05. The second-order valence-electron chi connectivity index (χ2n) is 6.69. The number of nitrogens with one attached hydrogen (secondary N) is 1. The molecule has 0 bridgehead atoms. The second kappa shape index (κ2) is 8.91. The van der Waals surface area contributed by atoms with Crippen molar-refractivity contribution in [1.82, 2.24) is 0 Å². The molecule has 28 heavy (non-hydrogen) atoms. The highest BCUT2D eigenvalue weighted by molar-refractivity contribution is 6.30. The molecule has 2 N–H and O–H groups in total. The predicted octanol–water partition coefficient (Wildman–Crippen LogP) is 5.46. The average molecular weight is 396 g/mol. The molecular weight excluding hydrogens is 374 g/mol. The first-order chi connectivity index (χ1) is 13.4. The molecule has 0 aliphatic carbocycles. The van der Waals surface area contributed by atoms with Crippen LogP contribution in [0.3, 0.4) is 0 Å². The first-order valence-corrected chi connectivity index (χ1v) is 9.42. The number of aliphatic hydroxyl groups is 1. The van der Waals surface area contributed by atoms with Crippen LogP contribution in [-0.2, 0) is 0 Å². The molecule has 3 aromatic carbocycles. The largest absolute Gasteiger partial charge is 0.491 e. The number of carbonyl (C=O) groups is 1. The van der Waals surface area contributed by atoms with E-state index in [2.05, 4.69) is 5.32 Å². The van der Waals surface area contributed by atoms with Gasteiger partial charge in [0.15, 0.2) is 0 Å². The van der Waals surface area contributed by atoms with Gasteiger partial charge in [0.1, 0.15) is 11.9 Å². The number of benzene rings is 3. The Kier molecular flexibility index (Phi) is 6.34. The summed E-state index contributed by atoms with van der Waals surface area (Å²) in [6.45, 7) is 3.86. The molecule has 1 atom stereocenters. The van der Waals surface area contributed by atoms with Crippen molar-refractivity contribution in [3.63, 3.8) is 0 Å². The van der Waals surface area contributed by atoms with Crippen LogP contribution in [0.1, 0.15) is 41.4 Å². The van der Waals surface area contributed by atoms with Crippen LogP contribution >= 0.6 is 11.6 Å². The van der Waals surface area contributed by atoms with Gasteiger partial charge in [-0.3, -0.25) is 4.79 Å². The Bertz CT molecular complexity index is 957. The van der Waals surface area contributed by atoms with Gasteiger partial charge in [0.2, 0.25) is 0 Å². The zero-order chi connectivity index (χ0) is 20.1. The van der Waals surface area contributed by atoms with Gasteiger partial charge in [-0.15, -0.1) is 0 Å². The Labute approximate surface area is 169 Å². The van der Waals surface area contributed by atoms with Crippen molar-refractivity contribution in [2.75, 3.05) is 5.32 Å². The Morgan fingerprint density at radius 3 is 2.46 bits per heavy atom. The number of rotatable bonds is 6. The van der Waals surface area contributed by atoms with E-state index in [1.54, 1.807) is 36.4 Å². The Morgan fingerprint density at radius 1 is 1.00 bits per heavy atom. The van der Waals surface area contributed by atoms with Crippen LogP contribution < -0.4 is 10.1 Å². The van der Waals surface area contributed by atoms with E-state index in [0.29, 0.717) is 33.1 Å². The molecule has 144 valence electrons. The molecule has 0 spiro atoms. The second-order valence-corrected chi connectivity index (χ2v) is 7.13. The molecule has 0 heterocycles. The number of hydrogen-bond acceptors (Lipinski definition) is 3. The highest BCUT2D eigenvalue weighted by atomic mass is 35.5. The summed E-state index contributed by atoms with van der Waals surface area (Å²) in [5.41, 5.74) is 2.21. The summed E-state index contributed by atoms with van der Waals surface area (Å²) in [6.07, 6.45) is -0.895. The van der Waals surface area contributed by atoms with E-state index in [4.69, 9.17) is 16.3 Å². The van der Waals surface area contributed by atoms with E-state index in [1.165, 1.54) is 0 Å². The van der Waals surface area contributed by atoms with E-state index in [-0.39, 0.29) is 12.0 Å². The predicted molar refractivity (Wildman–Crippen MR) is 112 cm³/mol. The summed E-state index contributed by atoms with van der Waals surface area (Å²) in [7, 11) is 0. The van der Waals surface area contributed by atoms with E-state index >= 15 is 0 Å². The van der Waals surface area contributed by atoms with Crippen molar-refractivity contribution >= 4 is 23.2 Å². The molecule has 0 aromatic heterocycles. The van der Waals surface area contributed by atoms with E-state index in [0.717, 1.165) is 0 Å². The minimum atomic E-state index is -0.911. The highest BCUT2D eigenvalue weighted by Crippen LogP contribution is 2.31. The smallest absolute Gasteiger partial charge is 0.255 e. The van der Waals surface area contributed by atoms with Crippen molar-refractivity contribution in [3.8, 4) is 5.75 Å². The number of hydrogen-bond donors (Lipinski definition) is 2. The summed E-state index contributed by atoms with van der Waals surface area (Å²) in [5.74, 6) is 0.335. The van der Waals surface area contributed by atoms with Crippen LogP contribution in [0, 0.1) is 0 Å². The minimum absolute atomic E-state index is 0.0159. The molecule has 0 saturated carbocycles. The number of ether oxygens (including phenoxy) is 1. The molecule has 1 unspecified atom stereocenters. The lowest BCUT2D eigenvalue weighted by molar-refractivity contribution is 0.102. The van der Waals surface area contributed by atoms with Crippen molar-refractivity contribution in [2.24, 2.45) is 0 Å². The van der Waals surface area contributed by atoms with Gasteiger partial charge in [-0.2, -0.15) is 0 Å². The molecule has 3 aromatic rings. The van der Waals surface area contributed by atoms with Gasteiger partial charge < -0.3 is 15.2 Å². The average Bonchev–Trinajstić information content (AvgIpc) is 2.69. The summed E-state index contributed by atoms with van der Waals surface area (Å²) in [4.78, 5) is 12.8. The van der Waals surface area contributed by atoms with Crippen LogP contribution in [0.2, 0.25) is 5.02 Å². The first kappa shape index (κ1) is 19.9. The van der Waals surface area contributed by atoms with Gasteiger partial charge in [-0.05, 0) is 55.8 Å². The first-order valence-electron chi connectivity index (χ1n) is 9.04. The van der Waals surface area contributed by atoms with Gasteiger partial charge in [0.05, 0.1) is 6.10 Å². The van der Waals surface area contributed by atoms with E-state index < -0.39 is 6.10 Å². The minimum Gasteiger partial charge on any atom is -0.491 e. The lowest BCUT2D eigenvalue weighted by atomic mass is 9.99. The Morgan fingerprint density at radius 2 is 1.75 bits per heavy atom. The maximum atomic E-state index is 12.8. The third-order valence-corrected chi connectivity index (χ3v) is 4.37. The molecular formula is C23H22ClNO3. The van der Waals surface area contributed by atoms with Gasteiger partial charge in [0.25, 0.3) is 5.91 Å². The highest BCUT2D eigenvalue weighted by Gasteiger charge is 2.17. The molecule has 0 saturated heterocycles. The van der Waals surface area contributed by atoms with Crippen molar-refractivity contribution in [2.45, 2.75) is 26.1 Å².